The van der Waals surface area contributed by atoms with Gasteiger partial charge in [0, 0.05) is 18.0 Å². The molecule has 30 heavy (non-hydrogen) atoms. The van der Waals surface area contributed by atoms with Crippen molar-refractivity contribution in [3.8, 4) is 11.5 Å². The van der Waals surface area contributed by atoms with Crippen LogP contribution in [0.1, 0.15) is 18.1 Å². The lowest BCUT2D eigenvalue weighted by atomic mass is 9.97. The average molecular weight is 435 g/mol. The number of carbonyl (C=O) groups is 1. The van der Waals surface area contributed by atoms with Crippen molar-refractivity contribution in [1.29, 1.82) is 0 Å². The number of hydrogen-bond donors (Lipinski definition) is 1. The number of carboxylic acids is 1. The minimum atomic E-state index is -5.00. The summed E-state index contributed by atoms with van der Waals surface area (Å²) in [6, 6.07) is 7.39. The summed E-state index contributed by atoms with van der Waals surface area (Å²) in [7, 11) is 0. The normalized spacial score (nSPS) is 15.7. The number of hydrogen-bond acceptors (Lipinski definition) is 4. The van der Waals surface area contributed by atoms with Gasteiger partial charge in [0.2, 0.25) is 6.10 Å². The van der Waals surface area contributed by atoms with Crippen LogP contribution in [0.15, 0.2) is 48.3 Å². The van der Waals surface area contributed by atoms with Crippen molar-refractivity contribution >= 4 is 12.0 Å². The number of alkyl halides is 6. The number of nitrogens with zero attached hydrogens (tertiary/aromatic N) is 1. The maximum atomic E-state index is 13.0. The van der Waals surface area contributed by atoms with Crippen molar-refractivity contribution in [2.45, 2.75) is 32.0 Å². The van der Waals surface area contributed by atoms with Gasteiger partial charge >= 0.3 is 18.5 Å². The van der Waals surface area contributed by atoms with Gasteiger partial charge in [0.15, 0.2) is 0 Å². The molecular formula is C19H15F6NO4. The Labute approximate surface area is 166 Å². The number of aliphatic carboxylic acids is 1. The van der Waals surface area contributed by atoms with Crippen molar-refractivity contribution in [3.05, 3.63) is 59.4 Å². The lowest BCUT2D eigenvalue weighted by molar-refractivity contribution is -0.274. The Morgan fingerprint density at radius 2 is 1.77 bits per heavy atom. The van der Waals surface area contributed by atoms with Gasteiger partial charge in [-0.2, -0.15) is 13.2 Å². The Kier molecular flexibility index (Phi) is 6.96. The molecule has 0 fully saturated rings. The SMILES string of the molecule is CCc1cc(OC(F)(F)F)cc2c1OC(C(F)(F)F)C(C(=O)O)=C2.c1ccncc1. The summed E-state index contributed by atoms with van der Waals surface area (Å²) in [4.78, 5) is 14.8. The Balaban J connectivity index is 0.000000456. The molecule has 1 aliphatic heterocycles. The molecule has 0 saturated heterocycles. The van der Waals surface area contributed by atoms with Crippen LogP contribution >= 0.6 is 0 Å². The Hall–Kier alpha value is -3.24. The number of aryl methyl sites for hydroxylation is 1. The van der Waals surface area contributed by atoms with E-state index in [0.717, 1.165) is 12.1 Å². The van der Waals surface area contributed by atoms with Gasteiger partial charge in [-0.3, -0.25) is 4.98 Å². The Bertz CT molecular complexity index is 883. The quantitative estimate of drug-likeness (QED) is 0.686. The van der Waals surface area contributed by atoms with E-state index in [1.807, 2.05) is 18.2 Å². The van der Waals surface area contributed by atoms with E-state index in [2.05, 4.69) is 9.72 Å². The molecule has 0 radical (unpaired) electrons. The number of fused-ring (bicyclic) bond motifs is 1. The van der Waals surface area contributed by atoms with E-state index in [1.165, 1.54) is 6.92 Å². The number of carboxylic acid groups (broad SMARTS) is 1. The first-order chi connectivity index (χ1) is 13.9. The second-order valence-corrected chi connectivity index (χ2v) is 5.87. The second-order valence-electron chi connectivity index (χ2n) is 5.87. The van der Waals surface area contributed by atoms with Crippen LogP contribution in [0.5, 0.6) is 11.5 Å². The molecule has 5 nitrogen and oxygen atoms in total. The summed E-state index contributed by atoms with van der Waals surface area (Å²) in [5.41, 5.74) is -1.32. The Morgan fingerprint density at radius 1 is 1.13 bits per heavy atom. The summed E-state index contributed by atoms with van der Waals surface area (Å²) in [6.45, 7) is 1.50. The van der Waals surface area contributed by atoms with E-state index in [4.69, 9.17) is 9.84 Å². The fraction of sp³-hybridized carbons (Fsp3) is 0.263. The molecule has 1 aromatic heterocycles. The van der Waals surface area contributed by atoms with E-state index in [1.54, 1.807) is 12.4 Å². The molecule has 3 rings (SSSR count). The fourth-order valence-electron chi connectivity index (χ4n) is 2.54. The topological polar surface area (TPSA) is 68.7 Å². The van der Waals surface area contributed by atoms with Crippen LogP contribution in [-0.4, -0.2) is 34.7 Å². The molecule has 0 spiro atoms. The van der Waals surface area contributed by atoms with Gasteiger partial charge in [-0.15, -0.1) is 13.2 Å². The van der Waals surface area contributed by atoms with Gasteiger partial charge in [-0.05, 0) is 42.3 Å². The summed E-state index contributed by atoms with van der Waals surface area (Å²) in [6.07, 6.45) is -8.50. The first-order valence-electron chi connectivity index (χ1n) is 8.38. The van der Waals surface area contributed by atoms with Crippen molar-refractivity contribution in [2.75, 3.05) is 0 Å². The molecular weight excluding hydrogens is 420 g/mol. The highest BCUT2D eigenvalue weighted by Gasteiger charge is 2.48. The minimum Gasteiger partial charge on any atom is -0.478 e. The third-order valence-corrected chi connectivity index (χ3v) is 3.72. The molecule has 1 aliphatic rings. The number of rotatable bonds is 3. The van der Waals surface area contributed by atoms with Crippen molar-refractivity contribution in [1.82, 2.24) is 4.98 Å². The lowest BCUT2D eigenvalue weighted by Crippen LogP contribution is -2.40. The van der Waals surface area contributed by atoms with Gasteiger partial charge < -0.3 is 14.6 Å². The van der Waals surface area contributed by atoms with Crippen molar-refractivity contribution in [2.24, 2.45) is 0 Å². The second kappa shape index (κ2) is 9.06. The molecule has 1 atom stereocenters. The van der Waals surface area contributed by atoms with Crippen LogP contribution in [0.2, 0.25) is 0 Å². The van der Waals surface area contributed by atoms with Crippen molar-refractivity contribution < 1.29 is 45.7 Å². The number of ether oxygens (including phenoxy) is 2. The smallest absolute Gasteiger partial charge is 0.478 e. The van der Waals surface area contributed by atoms with E-state index in [-0.39, 0.29) is 23.3 Å². The monoisotopic (exact) mass is 435 g/mol. The van der Waals surface area contributed by atoms with Crippen LogP contribution in [-0.2, 0) is 11.2 Å². The van der Waals surface area contributed by atoms with Crippen LogP contribution in [0.4, 0.5) is 26.3 Å². The molecule has 162 valence electrons. The van der Waals surface area contributed by atoms with Crippen LogP contribution in [0, 0.1) is 0 Å². The molecule has 0 bridgehead atoms. The van der Waals surface area contributed by atoms with E-state index >= 15 is 0 Å². The maximum Gasteiger partial charge on any atom is 0.573 e. The summed E-state index contributed by atoms with van der Waals surface area (Å²) in [5, 5.41) is 8.92. The average Bonchev–Trinajstić information content (AvgIpc) is 2.66. The molecule has 0 amide bonds. The molecule has 0 aliphatic carbocycles. The zero-order valence-corrected chi connectivity index (χ0v) is 15.3. The van der Waals surface area contributed by atoms with Gasteiger partial charge in [-0.25, -0.2) is 4.79 Å². The highest BCUT2D eigenvalue weighted by atomic mass is 19.4. The highest BCUT2D eigenvalue weighted by Crippen LogP contribution is 2.41. The van der Waals surface area contributed by atoms with Crippen molar-refractivity contribution in [3.63, 3.8) is 0 Å². The fourth-order valence-corrected chi connectivity index (χ4v) is 2.54. The number of halogens is 6. The van der Waals surface area contributed by atoms with Gasteiger partial charge in [0.25, 0.3) is 0 Å². The van der Waals surface area contributed by atoms with Gasteiger partial charge in [-0.1, -0.05) is 13.0 Å². The summed E-state index contributed by atoms with van der Waals surface area (Å²) >= 11 is 0. The molecule has 1 aromatic carbocycles. The standard InChI is InChI=1S/C14H10F6O4.C5H5N/c1-2-6-3-8(24-14(18,19)20)4-7-5-9(12(21)22)11(13(15,16)17)23-10(6)7;1-2-4-6-5-3-1/h3-5,11H,2H2,1H3,(H,21,22);1-5H. The van der Waals surface area contributed by atoms with E-state index in [9.17, 15) is 31.1 Å². The third-order valence-electron chi connectivity index (χ3n) is 3.72. The van der Waals surface area contributed by atoms with Gasteiger partial charge in [0.05, 0.1) is 5.57 Å². The first kappa shape index (κ1) is 23.0. The number of benzene rings is 1. The molecule has 1 unspecified atom stereocenters. The highest BCUT2D eigenvalue weighted by molar-refractivity contribution is 5.95. The Morgan fingerprint density at radius 3 is 2.17 bits per heavy atom. The van der Waals surface area contributed by atoms with E-state index < -0.39 is 35.9 Å². The predicted molar refractivity (Wildman–Crippen MR) is 92.8 cm³/mol. The largest absolute Gasteiger partial charge is 0.573 e. The van der Waals surface area contributed by atoms with Crippen LogP contribution in [0.25, 0.3) is 6.08 Å². The van der Waals surface area contributed by atoms with Crippen LogP contribution < -0.4 is 9.47 Å². The summed E-state index contributed by atoms with van der Waals surface area (Å²) < 4.78 is 84.4. The number of pyridine rings is 1. The zero-order chi connectivity index (χ0) is 22.5. The first-order valence-corrected chi connectivity index (χ1v) is 8.38. The zero-order valence-electron chi connectivity index (χ0n) is 15.3. The molecule has 11 heteroatoms. The number of aromatic nitrogens is 1. The maximum absolute atomic E-state index is 13.0. The lowest BCUT2D eigenvalue weighted by Gasteiger charge is -2.28. The van der Waals surface area contributed by atoms with Gasteiger partial charge in [0.1, 0.15) is 11.5 Å². The van der Waals surface area contributed by atoms with E-state index in [0.29, 0.717) is 6.08 Å². The molecule has 0 saturated carbocycles. The third kappa shape index (κ3) is 6.13. The summed E-state index contributed by atoms with van der Waals surface area (Å²) in [5.74, 6) is -2.88. The molecule has 2 aromatic rings. The molecule has 2 heterocycles. The molecule has 1 N–H and O–H groups in total. The predicted octanol–water partition coefficient (Wildman–Crippen LogP) is 5.02. The van der Waals surface area contributed by atoms with Crippen LogP contribution in [0.3, 0.4) is 0 Å². The minimum absolute atomic E-state index is 0.0293.